The summed E-state index contributed by atoms with van der Waals surface area (Å²) >= 11 is 0. The van der Waals surface area contributed by atoms with Crippen molar-refractivity contribution in [2.24, 2.45) is 5.73 Å². The van der Waals surface area contributed by atoms with Crippen LogP contribution in [0.25, 0.3) is 0 Å². The second-order valence-electron chi connectivity index (χ2n) is 3.94. The average Bonchev–Trinajstić information content (AvgIpc) is 2.67. The molecule has 3 rings (SSSR count). The molecule has 0 aromatic heterocycles. The fourth-order valence-corrected chi connectivity index (χ4v) is 2.38. The van der Waals surface area contributed by atoms with E-state index in [0.717, 1.165) is 13.2 Å². The molecule has 1 fully saturated rings. The van der Waals surface area contributed by atoms with Crippen LogP contribution in [0.15, 0.2) is 35.6 Å². The van der Waals surface area contributed by atoms with E-state index in [1.165, 1.54) is 11.3 Å². The van der Waals surface area contributed by atoms with Crippen LogP contribution in [0.5, 0.6) is 0 Å². The summed E-state index contributed by atoms with van der Waals surface area (Å²) in [6.45, 7) is 2.18. The summed E-state index contributed by atoms with van der Waals surface area (Å²) in [5.74, 6) is 0. The highest BCUT2D eigenvalue weighted by Gasteiger charge is 2.35. The van der Waals surface area contributed by atoms with E-state index in [0.29, 0.717) is 12.6 Å². The molecule has 2 aliphatic heterocycles. The third-order valence-electron chi connectivity index (χ3n) is 3.06. The van der Waals surface area contributed by atoms with Gasteiger partial charge < -0.3 is 15.5 Å². The molecular formula is C11H15N3O. The van der Waals surface area contributed by atoms with Crippen LogP contribution in [0.2, 0.25) is 0 Å². The number of nitrogens with zero attached hydrogens (tertiary/aromatic N) is 1. The predicted molar refractivity (Wildman–Crippen MR) is 57.7 cm³/mol. The van der Waals surface area contributed by atoms with E-state index in [1.54, 1.807) is 0 Å². The van der Waals surface area contributed by atoms with Crippen molar-refractivity contribution >= 4 is 0 Å². The maximum absolute atomic E-state index is 5.73. The lowest BCUT2D eigenvalue weighted by molar-refractivity contribution is 0.00238. The predicted octanol–water partition coefficient (Wildman–Crippen LogP) is -0.0872. The summed E-state index contributed by atoms with van der Waals surface area (Å²) in [5, 5.41) is 2.18. The molecule has 1 saturated heterocycles. The van der Waals surface area contributed by atoms with Gasteiger partial charge in [-0.1, -0.05) is 24.3 Å². The number of nitrogens with one attached hydrogen (secondary N) is 1. The van der Waals surface area contributed by atoms with Gasteiger partial charge in [-0.05, 0) is 5.57 Å². The number of hydrazine groups is 1. The van der Waals surface area contributed by atoms with Crippen molar-refractivity contribution in [2.75, 3.05) is 19.7 Å². The molecule has 0 amide bonds. The highest BCUT2D eigenvalue weighted by molar-refractivity contribution is 5.43. The minimum atomic E-state index is 0.0439. The molecule has 0 spiro atoms. The van der Waals surface area contributed by atoms with E-state index >= 15 is 0 Å². The van der Waals surface area contributed by atoms with Crippen LogP contribution in [0, 0.1) is 0 Å². The van der Waals surface area contributed by atoms with Gasteiger partial charge in [0.15, 0.2) is 0 Å². The lowest BCUT2D eigenvalue weighted by Gasteiger charge is -2.33. The Morgan fingerprint density at radius 3 is 3.33 bits per heavy atom. The third kappa shape index (κ3) is 1.33. The molecule has 0 aromatic carbocycles. The zero-order chi connectivity index (χ0) is 10.3. The monoisotopic (exact) mass is 205 g/mol. The third-order valence-corrected chi connectivity index (χ3v) is 3.06. The van der Waals surface area contributed by atoms with E-state index in [4.69, 9.17) is 10.5 Å². The van der Waals surface area contributed by atoms with Crippen LogP contribution in [0.4, 0.5) is 0 Å². The summed E-state index contributed by atoms with van der Waals surface area (Å²) in [6, 6.07) is 0.306. The molecule has 80 valence electrons. The van der Waals surface area contributed by atoms with Gasteiger partial charge in [0, 0.05) is 6.54 Å². The van der Waals surface area contributed by atoms with Crippen LogP contribution in [0.1, 0.15) is 0 Å². The number of nitrogens with two attached hydrogens (primary N) is 1. The molecule has 0 radical (unpaired) electrons. The lowest BCUT2D eigenvalue weighted by Crippen LogP contribution is -2.47. The first-order valence-corrected chi connectivity index (χ1v) is 5.34. The number of hydrogen-bond acceptors (Lipinski definition) is 4. The van der Waals surface area contributed by atoms with Crippen molar-refractivity contribution in [3.05, 3.63) is 35.6 Å². The van der Waals surface area contributed by atoms with Gasteiger partial charge in [-0.2, -0.15) is 0 Å². The van der Waals surface area contributed by atoms with Crippen LogP contribution < -0.4 is 11.2 Å². The zero-order valence-electron chi connectivity index (χ0n) is 8.52. The smallest absolute Gasteiger partial charge is 0.111 e. The van der Waals surface area contributed by atoms with Gasteiger partial charge in [0.25, 0.3) is 0 Å². The highest BCUT2D eigenvalue weighted by atomic mass is 16.5. The Balaban J connectivity index is 2.00. The number of morpholine rings is 1. The molecule has 2 atom stereocenters. The topological polar surface area (TPSA) is 50.5 Å². The largest absolute Gasteiger partial charge is 0.369 e. The molecule has 4 heteroatoms. The fraction of sp³-hybridized carbons (Fsp3) is 0.455. The maximum Gasteiger partial charge on any atom is 0.111 e. The Morgan fingerprint density at radius 1 is 1.53 bits per heavy atom. The first-order chi connectivity index (χ1) is 7.40. The van der Waals surface area contributed by atoms with Gasteiger partial charge in [-0.15, -0.1) is 0 Å². The minimum Gasteiger partial charge on any atom is -0.369 e. The quantitative estimate of drug-likeness (QED) is 0.628. The van der Waals surface area contributed by atoms with Crippen molar-refractivity contribution < 1.29 is 4.74 Å². The molecule has 1 aliphatic carbocycles. The number of fused-ring (bicyclic) bond motifs is 2. The molecule has 3 aliphatic rings. The van der Waals surface area contributed by atoms with E-state index < -0.39 is 0 Å². The van der Waals surface area contributed by atoms with Gasteiger partial charge in [0.05, 0.1) is 24.9 Å². The maximum atomic E-state index is 5.73. The molecule has 0 aromatic rings. The van der Waals surface area contributed by atoms with E-state index in [1.807, 2.05) is 0 Å². The van der Waals surface area contributed by atoms with Gasteiger partial charge >= 0.3 is 0 Å². The SMILES string of the molecule is NCC1OCCN2NC3C=CC=CC3=C12. The molecule has 2 heterocycles. The van der Waals surface area contributed by atoms with Crippen LogP contribution >= 0.6 is 0 Å². The summed E-state index contributed by atoms with van der Waals surface area (Å²) in [4.78, 5) is 0. The minimum absolute atomic E-state index is 0.0439. The molecular weight excluding hydrogens is 190 g/mol. The molecule has 0 bridgehead atoms. The Morgan fingerprint density at radius 2 is 2.47 bits per heavy atom. The normalized spacial score (nSPS) is 33.3. The highest BCUT2D eigenvalue weighted by Crippen LogP contribution is 2.30. The Labute approximate surface area is 89.0 Å². The number of ether oxygens (including phenoxy) is 1. The summed E-state index contributed by atoms with van der Waals surface area (Å²) in [7, 11) is 0. The van der Waals surface area contributed by atoms with Crippen molar-refractivity contribution in [3.63, 3.8) is 0 Å². The van der Waals surface area contributed by atoms with Crippen molar-refractivity contribution in [3.8, 4) is 0 Å². The molecule has 15 heavy (non-hydrogen) atoms. The Hall–Kier alpha value is -1.10. The second kappa shape index (κ2) is 3.48. The van der Waals surface area contributed by atoms with Gasteiger partial charge in [-0.3, -0.25) is 0 Å². The lowest BCUT2D eigenvalue weighted by atomic mass is 9.99. The Kier molecular flexibility index (Phi) is 2.12. The molecule has 3 N–H and O–H groups in total. The van der Waals surface area contributed by atoms with Crippen molar-refractivity contribution in [2.45, 2.75) is 12.1 Å². The van der Waals surface area contributed by atoms with Gasteiger partial charge in [0.1, 0.15) is 6.10 Å². The second-order valence-corrected chi connectivity index (χ2v) is 3.94. The van der Waals surface area contributed by atoms with E-state index in [2.05, 4.69) is 34.7 Å². The van der Waals surface area contributed by atoms with Gasteiger partial charge in [-0.25, -0.2) is 5.43 Å². The van der Waals surface area contributed by atoms with Crippen LogP contribution in [-0.4, -0.2) is 36.9 Å². The molecule has 2 unspecified atom stereocenters. The fourth-order valence-electron chi connectivity index (χ4n) is 2.38. The van der Waals surface area contributed by atoms with Crippen molar-refractivity contribution in [1.82, 2.24) is 10.4 Å². The molecule has 0 saturated carbocycles. The average molecular weight is 205 g/mol. The number of allylic oxidation sites excluding steroid dienone is 2. The number of hydrogen-bond donors (Lipinski definition) is 2. The Bertz CT molecular complexity index is 359. The summed E-state index contributed by atoms with van der Waals surface area (Å²) in [5.41, 5.74) is 11.7. The summed E-state index contributed by atoms with van der Waals surface area (Å²) < 4.78 is 5.67. The van der Waals surface area contributed by atoms with Gasteiger partial charge in [0.2, 0.25) is 0 Å². The van der Waals surface area contributed by atoms with Crippen molar-refractivity contribution in [1.29, 1.82) is 0 Å². The van der Waals surface area contributed by atoms with Crippen LogP contribution in [0.3, 0.4) is 0 Å². The number of rotatable bonds is 1. The van der Waals surface area contributed by atoms with E-state index in [-0.39, 0.29) is 6.10 Å². The van der Waals surface area contributed by atoms with E-state index in [9.17, 15) is 0 Å². The molecule has 4 nitrogen and oxygen atoms in total. The summed E-state index contributed by atoms with van der Waals surface area (Å²) in [6.07, 6.45) is 8.48. The first-order valence-electron chi connectivity index (χ1n) is 5.34. The van der Waals surface area contributed by atoms with Crippen LogP contribution in [-0.2, 0) is 4.74 Å². The zero-order valence-corrected chi connectivity index (χ0v) is 8.52. The standard InChI is InChI=1S/C11H15N3O/c12-7-10-11-8-3-1-2-4-9(8)13-14(11)5-6-15-10/h1-4,9-10,13H,5-7,12H2. The first kappa shape index (κ1) is 9.15.